The molecular formula is C18H22N4O5. The first-order chi connectivity index (χ1) is 12.8. The standard InChI is InChI=1S/C18H22N4O5/c1-11-17(12(2)22(3)21-11)20-15(23)10-27-16(24)9-19-18(25)13-6-5-7-14(8-13)26-4/h5-8H,9-10H2,1-4H3,(H,19,25)(H,20,23). The number of benzene rings is 1. The summed E-state index contributed by atoms with van der Waals surface area (Å²) in [5.41, 5.74) is 2.39. The summed E-state index contributed by atoms with van der Waals surface area (Å²) in [7, 11) is 3.26. The SMILES string of the molecule is COc1cccc(C(=O)NCC(=O)OCC(=O)Nc2c(C)nn(C)c2C)c1. The van der Waals surface area contributed by atoms with E-state index in [0.717, 1.165) is 5.69 Å². The average Bonchev–Trinajstić information content (AvgIpc) is 2.90. The van der Waals surface area contributed by atoms with Crippen molar-refractivity contribution >= 4 is 23.5 Å². The highest BCUT2D eigenvalue weighted by Gasteiger charge is 2.15. The molecule has 9 heteroatoms. The van der Waals surface area contributed by atoms with Crippen LogP contribution in [0.5, 0.6) is 5.75 Å². The number of carbonyl (C=O) groups is 3. The average molecular weight is 374 g/mol. The minimum absolute atomic E-state index is 0.349. The number of esters is 1. The third-order valence-electron chi connectivity index (χ3n) is 3.86. The van der Waals surface area contributed by atoms with Gasteiger partial charge in [0.25, 0.3) is 11.8 Å². The number of rotatable bonds is 7. The molecule has 2 rings (SSSR count). The number of amides is 2. The quantitative estimate of drug-likeness (QED) is 0.698. The summed E-state index contributed by atoms with van der Waals surface area (Å²) in [5, 5.41) is 9.27. The molecule has 0 unspecified atom stereocenters. The summed E-state index contributed by atoms with van der Waals surface area (Å²) in [4.78, 5) is 35.7. The molecule has 0 spiro atoms. The molecule has 0 aliphatic heterocycles. The number of ether oxygens (including phenoxy) is 2. The lowest BCUT2D eigenvalue weighted by Gasteiger charge is -2.08. The number of hydrogen-bond donors (Lipinski definition) is 2. The van der Waals surface area contributed by atoms with Crippen LogP contribution in [0.3, 0.4) is 0 Å². The van der Waals surface area contributed by atoms with Crippen molar-refractivity contribution in [2.45, 2.75) is 13.8 Å². The predicted molar refractivity (Wildman–Crippen MR) is 97.6 cm³/mol. The molecule has 0 saturated carbocycles. The highest BCUT2D eigenvalue weighted by atomic mass is 16.5. The Morgan fingerprint density at radius 1 is 1.22 bits per heavy atom. The van der Waals surface area contributed by atoms with E-state index in [2.05, 4.69) is 15.7 Å². The molecule has 2 aromatic rings. The highest BCUT2D eigenvalue weighted by Crippen LogP contribution is 2.18. The van der Waals surface area contributed by atoms with Crippen molar-refractivity contribution in [1.82, 2.24) is 15.1 Å². The van der Waals surface area contributed by atoms with Crippen LogP contribution in [0.25, 0.3) is 0 Å². The Labute approximate surface area is 156 Å². The van der Waals surface area contributed by atoms with Crippen molar-refractivity contribution in [3.05, 3.63) is 41.2 Å². The third kappa shape index (κ3) is 5.30. The number of anilines is 1. The molecular weight excluding hydrogens is 352 g/mol. The molecule has 0 aliphatic rings. The summed E-state index contributed by atoms with van der Waals surface area (Å²) >= 11 is 0. The van der Waals surface area contributed by atoms with Gasteiger partial charge >= 0.3 is 5.97 Å². The molecule has 0 bridgehead atoms. The summed E-state index contributed by atoms with van der Waals surface area (Å²) in [5.74, 6) is -1.12. The number of carbonyl (C=O) groups excluding carboxylic acids is 3. The molecule has 1 aromatic carbocycles. The second-order valence-corrected chi connectivity index (χ2v) is 5.79. The lowest BCUT2D eigenvalue weighted by atomic mass is 10.2. The van der Waals surface area contributed by atoms with Crippen LogP contribution in [0.4, 0.5) is 5.69 Å². The van der Waals surface area contributed by atoms with Crippen molar-refractivity contribution in [2.24, 2.45) is 7.05 Å². The van der Waals surface area contributed by atoms with Crippen molar-refractivity contribution in [2.75, 3.05) is 25.6 Å². The smallest absolute Gasteiger partial charge is 0.325 e. The van der Waals surface area contributed by atoms with Crippen LogP contribution in [-0.4, -0.2) is 47.8 Å². The van der Waals surface area contributed by atoms with Crippen LogP contribution in [0.15, 0.2) is 24.3 Å². The minimum atomic E-state index is -0.721. The van der Waals surface area contributed by atoms with Gasteiger partial charge in [-0.1, -0.05) is 6.07 Å². The van der Waals surface area contributed by atoms with Crippen LogP contribution < -0.4 is 15.4 Å². The Morgan fingerprint density at radius 3 is 2.59 bits per heavy atom. The first-order valence-corrected chi connectivity index (χ1v) is 8.19. The molecule has 1 heterocycles. The van der Waals surface area contributed by atoms with Gasteiger partial charge in [0.2, 0.25) is 0 Å². The Kier molecular flexibility index (Phi) is 6.53. The molecule has 144 valence electrons. The minimum Gasteiger partial charge on any atom is -0.497 e. The summed E-state index contributed by atoms with van der Waals surface area (Å²) in [6, 6.07) is 6.51. The van der Waals surface area contributed by atoms with Crippen molar-refractivity contribution in [3.63, 3.8) is 0 Å². The second-order valence-electron chi connectivity index (χ2n) is 5.79. The molecule has 27 heavy (non-hydrogen) atoms. The van der Waals surface area contributed by atoms with Gasteiger partial charge in [-0.25, -0.2) is 0 Å². The zero-order valence-electron chi connectivity index (χ0n) is 15.7. The van der Waals surface area contributed by atoms with Crippen LogP contribution in [0.2, 0.25) is 0 Å². The van der Waals surface area contributed by atoms with Gasteiger partial charge in [-0.05, 0) is 32.0 Å². The van der Waals surface area contributed by atoms with Gasteiger partial charge in [0.1, 0.15) is 12.3 Å². The molecule has 0 fully saturated rings. The van der Waals surface area contributed by atoms with Gasteiger partial charge in [-0.3, -0.25) is 19.1 Å². The van der Waals surface area contributed by atoms with E-state index in [0.29, 0.717) is 22.7 Å². The Bertz CT molecular complexity index is 859. The highest BCUT2D eigenvalue weighted by molar-refractivity contribution is 5.97. The van der Waals surface area contributed by atoms with Gasteiger partial charge in [-0.15, -0.1) is 0 Å². The van der Waals surface area contributed by atoms with E-state index in [1.165, 1.54) is 7.11 Å². The van der Waals surface area contributed by atoms with Gasteiger partial charge in [0.05, 0.1) is 24.2 Å². The summed E-state index contributed by atoms with van der Waals surface area (Å²) in [6.45, 7) is 2.77. The molecule has 0 aliphatic carbocycles. The van der Waals surface area contributed by atoms with E-state index in [1.807, 2.05) is 6.92 Å². The lowest BCUT2D eigenvalue weighted by molar-refractivity contribution is -0.146. The molecule has 9 nitrogen and oxygen atoms in total. The lowest BCUT2D eigenvalue weighted by Crippen LogP contribution is -2.32. The molecule has 1 aromatic heterocycles. The first kappa shape index (κ1) is 20.0. The van der Waals surface area contributed by atoms with Gasteiger partial charge < -0.3 is 20.1 Å². The number of methoxy groups -OCH3 is 1. The maximum atomic E-state index is 12.0. The zero-order valence-corrected chi connectivity index (χ0v) is 15.7. The topological polar surface area (TPSA) is 112 Å². The Balaban J connectivity index is 1.78. The Morgan fingerprint density at radius 2 is 1.96 bits per heavy atom. The van der Waals surface area contributed by atoms with Crippen molar-refractivity contribution < 1.29 is 23.9 Å². The number of aromatic nitrogens is 2. The maximum absolute atomic E-state index is 12.0. The van der Waals surface area contributed by atoms with Crippen LogP contribution in [-0.2, 0) is 21.4 Å². The fourth-order valence-electron chi connectivity index (χ4n) is 2.35. The zero-order chi connectivity index (χ0) is 20.0. The van der Waals surface area contributed by atoms with Gasteiger partial charge in [0.15, 0.2) is 6.61 Å². The molecule has 0 radical (unpaired) electrons. The predicted octanol–water partition coefficient (Wildman–Crippen LogP) is 0.957. The molecule has 2 N–H and O–H groups in total. The van der Waals surface area contributed by atoms with E-state index in [1.54, 1.807) is 42.9 Å². The van der Waals surface area contributed by atoms with Crippen LogP contribution in [0, 0.1) is 13.8 Å². The van der Waals surface area contributed by atoms with Crippen LogP contribution in [0.1, 0.15) is 21.7 Å². The third-order valence-corrected chi connectivity index (χ3v) is 3.86. The molecule has 0 saturated heterocycles. The van der Waals surface area contributed by atoms with E-state index in [9.17, 15) is 14.4 Å². The van der Waals surface area contributed by atoms with Gasteiger partial charge in [0, 0.05) is 12.6 Å². The largest absolute Gasteiger partial charge is 0.497 e. The van der Waals surface area contributed by atoms with E-state index in [4.69, 9.17) is 9.47 Å². The fraction of sp³-hybridized carbons (Fsp3) is 0.333. The number of aryl methyl sites for hydroxylation is 2. The number of nitrogens with one attached hydrogen (secondary N) is 2. The monoisotopic (exact) mass is 374 g/mol. The number of nitrogens with zero attached hydrogens (tertiary/aromatic N) is 2. The van der Waals surface area contributed by atoms with Gasteiger partial charge in [-0.2, -0.15) is 5.10 Å². The first-order valence-electron chi connectivity index (χ1n) is 8.19. The molecule has 0 atom stereocenters. The van der Waals surface area contributed by atoms with E-state index >= 15 is 0 Å². The van der Waals surface area contributed by atoms with Crippen LogP contribution >= 0.6 is 0 Å². The number of hydrogen-bond acceptors (Lipinski definition) is 6. The Hall–Kier alpha value is -3.36. The maximum Gasteiger partial charge on any atom is 0.325 e. The summed E-state index contributed by atoms with van der Waals surface area (Å²) in [6.07, 6.45) is 0. The van der Waals surface area contributed by atoms with E-state index in [-0.39, 0.29) is 6.54 Å². The van der Waals surface area contributed by atoms with Crippen molar-refractivity contribution in [1.29, 1.82) is 0 Å². The molecule has 2 amide bonds. The van der Waals surface area contributed by atoms with Crippen molar-refractivity contribution in [3.8, 4) is 5.75 Å². The van der Waals surface area contributed by atoms with E-state index < -0.39 is 24.4 Å². The summed E-state index contributed by atoms with van der Waals surface area (Å²) < 4.78 is 11.6. The normalized spacial score (nSPS) is 10.2. The second kappa shape index (κ2) is 8.84. The fourth-order valence-corrected chi connectivity index (χ4v) is 2.35.